The Morgan fingerprint density at radius 3 is 2.67 bits per heavy atom. The van der Waals surface area contributed by atoms with Gasteiger partial charge in [-0.05, 0) is 6.07 Å². The lowest BCUT2D eigenvalue weighted by Crippen LogP contribution is -2.26. The summed E-state index contributed by atoms with van der Waals surface area (Å²) in [6.45, 7) is 1.27. The van der Waals surface area contributed by atoms with E-state index in [0.717, 1.165) is 18.2 Å². The molecule has 0 unspecified atom stereocenters. The molecule has 0 aliphatic carbocycles. The Morgan fingerprint density at radius 1 is 1.14 bits per heavy atom. The summed E-state index contributed by atoms with van der Waals surface area (Å²) >= 11 is 0. The molecule has 0 saturated heterocycles. The minimum atomic E-state index is -4.45. The number of nitrogens with two attached hydrogens (primary N) is 1. The van der Waals surface area contributed by atoms with Crippen LogP contribution in [0.15, 0.2) is 24.3 Å². The van der Waals surface area contributed by atoms with Gasteiger partial charge in [0.1, 0.15) is 5.82 Å². The number of nitrogens with one attached hydrogen (secondary N) is 1. The van der Waals surface area contributed by atoms with Crippen LogP contribution in [0, 0.1) is 0 Å². The minimum absolute atomic E-state index is 0.0288. The van der Waals surface area contributed by atoms with E-state index in [9.17, 15) is 13.2 Å². The fourth-order valence-corrected chi connectivity index (χ4v) is 2.42. The summed E-state index contributed by atoms with van der Waals surface area (Å²) < 4.78 is 39.2. The zero-order valence-electron chi connectivity index (χ0n) is 11.0. The van der Waals surface area contributed by atoms with Crippen molar-refractivity contribution < 1.29 is 13.2 Å². The van der Waals surface area contributed by atoms with E-state index < -0.39 is 11.7 Å². The summed E-state index contributed by atoms with van der Waals surface area (Å²) in [5.74, 6) is 0.264. The van der Waals surface area contributed by atoms with Crippen LogP contribution in [0.5, 0.6) is 0 Å². The lowest BCUT2D eigenvalue weighted by molar-refractivity contribution is -0.137. The molecule has 1 aromatic carbocycles. The van der Waals surface area contributed by atoms with Gasteiger partial charge in [-0.2, -0.15) is 13.2 Å². The van der Waals surface area contributed by atoms with Gasteiger partial charge in [0.2, 0.25) is 0 Å². The van der Waals surface area contributed by atoms with Gasteiger partial charge >= 0.3 is 6.18 Å². The molecule has 0 atom stereocenters. The van der Waals surface area contributed by atoms with Gasteiger partial charge in [0.25, 0.3) is 0 Å². The maximum atomic E-state index is 13.1. The molecule has 21 heavy (non-hydrogen) atoms. The van der Waals surface area contributed by atoms with E-state index in [-0.39, 0.29) is 17.2 Å². The van der Waals surface area contributed by atoms with Crippen molar-refractivity contribution in [3.8, 4) is 11.4 Å². The maximum Gasteiger partial charge on any atom is 0.417 e. The third-order valence-corrected chi connectivity index (χ3v) is 3.44. The first-order valence-corrected chi connectivity index (χ1v) is 6.49. The molecule has 0 bridgehead atoms. The third-order valence-electron chi connectivity index (χ3n) is 3.44. The van der Waals surface area contributed by atoms with Gasteiger partial charge in [0.05, 0.1) is 11.3 Å². The van der Waals surface area contributed by atoms with Gasteiger partial charge in [0.15, 0.2) is 5.82 Å². The minimum Gasteiger partial charge on any atom is -0.383 e. The number of anilines is 1. The number of hydrogen-bond donors (Lipinski definition) is 2. The molecule has 4 nitrogen and oxygen atoms in total. The molecule has 0 saturated carbocycles. The lowest BCUT2D eigenvalue weighted by atomic mass is 10.0. The third kappa shape index (κ3) is 2.56. The molecule has 1 aliphatic rings. The molecule has 2 aromatic rings. The second-order valence-corrected chi connectivity index (χ2v) is 4.83. The van der Waals surface area contributed by atoms with E-state index in [0.29, 0.717) is 18.7 Å². The quantitative estimate of drug-likeness (QED) is 0.847. The van der Waals surface area contributed by atoms with Crippen LogP contribution in [0.1, 0.15) is 16.8 Å². The van der Waals surface area contributed by atoms with Crippen LogP contribution in [-0.2, 0) is 19.1 Å². The summed E-state index contributed by atoms with van der Waals surface area (Å²) in [4.78, 5) is 8.34. The van der Waals surface area contributed by atoms with Crippen molar-refractivity contribution in [1.82, 2.24) is 15.3 Å². The van der Waals surface area contributed by atoms with Crippen molar-refractivity contribution in [3.63, 3.8) is 0 Å². The van der Waals surface area contributed by atoms with E-state index in [1.165, 1.54) is 18.2 Å². The van der Waals surface area contributed by atoms with E-state index in [2.05, 4.69) is 15.3 Å². The van der Waals surface area contributed by atoms with E-state index in [1.54, 1.807) is 0 Å². The smallest absolute Gasteiger partial charge is 0.383 e. The Hall–Kier alpha value is -2.15. The zero-order valence-corrected chi connectivity index (χ0v) is 11.0. The molecule has 0 fully saturated rings. The van der Waals surface area contributed by atoms with Crippen molar-refractivity contribution >= 4 is 5.82 Å². The number of nitrogens with zero attached hydrogens (tertiary/aromatic N) is 2. The van der Waals surface area contributed by atoms with E-state index in [4.69, 9.17) is 5.73 Å². The highest BCUT2D eigenvalue weighted by Crippen LogP contribution is 2.36. The summed E-state index contributed by atoms with van der Waals surface area (Å²) in [6, 6.07) is 5.27. The fourth-order valence-electron chi connectivity index (χ4n) is 2.42. The average Bonchev–Trinajstić information content (AvgIpc) is 2.46. The Morgan fingerprint density at radius 2 is 1.90 bits per heavy atom. The fraction of sp³-hybridized carbons (Fsp3) is 0.286. The van der Waals surface area contributed by atoms with Crippen LogP contribution in [0.2, 0.25) is 0 Å². The first-order valence-electron chi connectivity index (χ1n) is 6.49. The highest BCUT2D eigenvalue weighted by Gasteiger charge is 2.34. The number of alkyl halides is 3. The number of hydrogen-bond acceptors (Lipinski definition) is 4. The predicted octanol–water partition coefficient (Wildman–Crippen LogP) is 2.39. The van der Waals surface area contributed by atoms with Gasteiger partial charge < -0.3 is 11.1 Å². The van der Waals surface area contributed by atoms with E-state index in [1.807, 2.05) is 0 Å². The first kappa shape index (κ1) is 13.8. The number of fused-ring (bicyclic) bond motifs is 1. The predicted molar refractivity (Wildman–Crippen MR) is 72.3 cm³/mol. The standard InChI is InChI=1S/C14H13F3N4/c15-14(16,17)10-4-2-1-3-8(10)13-20-11-5-6-19-7-9(11)12(18)21-13/h1-4,19H,5-7H2,(H2,18,20,21). The molecule has 0 spiro atoms. The van der Waals surface area contributed by atoms with Gasteiger partial charge in [-0.15, -0.1) is 0 Å². The topological polar surface area (TPSA) is 63.8 Å². The van der Waals surface area contributed by atoms with Crippen LogP contribution in [0.3, 0.4) is 0 Å². The van der Waals surface area contributed by atoms with Crippen LogP contribution >= 0.6 is 0 Å². The molecule has 0 amide bonds. The summed E-state index contributed by atoms with van der Waals surface area (Å²) in [5.41, 5.74) is 6.56. The molecular formula is C14H13F3N4. The summed E-state index contributed by atoms with van der Waals surface area (Å²) in [5, 5.41) is 3.14. The molecule has 0 radical (unpaired) electrons. The molecule has 1 aromatic heterocycles. The van der Waals surface area contributed by atoms with Crippen molar-refractivity contribution in [2.75, 3.05) is 12.3 Å². The molecule has 1 aliphatic heterocycles. The lowest BCUT2D eigenvalue weighted by Gasteiger charge is -2.19. The second-order valence-electron chi connectivity index (χ2n) is 4.83. The SMILES string of the molecule is Nc1nc(-c2ccccc2C(F)(F)F)nc2c1CNCC2. The van der Waals surface area contributed by atoms with Crippen LogP contribution in [-0.4, -0.2) is 16.5 Å². The molecule has 3 N–H and O–H groups in total. The Bertz CT molecular complexity index is 682. The number of nitrogen functional groups attached to an aromatic ring is 1. The Balaban J connectivity index is 2.16. The highest BCUT2D eigenvalue weighted by molar-refractivity contribution is 5.63. The van der Waals surface area contributed by atoms with Gasteiger partial charge in [-0.3, -0.25) is 0 Å². The first-order chi connectivity index (χ1) is 9.97. The van der Waals surface area contributed by atoms with Gasteiger partial charge in [-0.25, -0.2) is 9.97 Å². The van der Waals surface area contributed by atoms with Gasteiger partial charge in [0, 0.05) is 30.6 Å². The van der Waals surface area contributed by atoms with E-state index >= 15 is 0 Å². The van der Waals surface area contributed by atoms with Crippen molar-refractivity contribution in [2.45, 2.75) is 19.1 Å². The van der Waals surface area contributed by atoms with Crippen molar-refractivity contribution in [2.24, 2.45) is 0 Å². The monoisotopic (exact) mass is 294 g/mol. The van der Waals surface area contributed by atoms with Crippen LogP contribution in [0.25, 0.3) is 11.4 Å². The normalized spacial score (nSPS) is 14.8. The number of benzene rings is 1. The average molecular weight is 294 g/mol. The van der Waals surface area contributed by atoms with Gasteiger partial charge in [-0.1, -0.05) is 18.2 Å². The van der Waals surface area contributed by atoms with Crippen molar-refractivity contribution in [1.29, 1.82) is 0 Å². The summed E-state index contributed by atoms with van der Waals surface area (Å²) in [7, 11) is 0. The Labute approximate surface area is 119 Å². The number of aromatic nitrogens is 2. The summed E-state index contributed by atoms with van der Waals surface area (Å²) in [6.07, 6.45) is -3.82. The maximum absolute atomic E-state index is 13.1. The van der Waals surface area contributed by atoms with Crippen LogP contribution < -0.4 is 11.1 Å². The molecule has 2 heterocycles. The second kappa shape index (κ2) is 5.00. The van der Waals surface area contributed by atoms with Crippen molar-refractivity contribution in [3.05, 3.63) is 41.1 Å². The number of rotatable bonds is 1. The largest absolute Gasteiger partial charge is 0.417 e. The molecule has 3 rings (SSSR count). The molecule has 7 heteroatoms. The van der Waals surface area contributed by atoms with Crippen LogP contribution in [0.4, 0.5) is 19.0 Å². The zero-order chi connectivity index (χ0) is 15.0. The highest BCUT2D eigenvalue weighted by atomic mass is 19.4. The Kier molecular flexibility index (Phi) is 3.29. The number of halogens is 3. The molecule has 110 valence electrons. The molecular weight excluding hydrogens is 281 g/mol.